The summed E-state index contributed by atoms with van der Waals surface area (Å²) in [4.78, 5) is 22.4. The summed E-state index contributed by atoms with van der Waals surface area (Å²) in [5, 5.41) is 3.09. The summed E-state index contributed by atoms with van der Waals surface area (Å²) < 4.78 is 5.58. The third kappa shape index (κ3) is 2.84. The van der Waals surface area contributed by atoms with Crippen LogP contribution in [0.3, 0.4) is 0 Å². The molecule has 0 fully saturated rings. The largest absolute Gasteiger partial charge is 0.322 e. The van der Waals surface area contributed by atoms with E-state index in [0.29, 0.717) is 11.4 Å². The second kappa shape index (κ2) is 6.66. The molecule has 3 heterocycles. The van der Waals surface area contributed by atoms with Gasteiger partial charge in [-0.1, -0.05) is 18.2 Å². The lowest BCUT2D eigenvalue weighted by molar-refractivity contribution is 0.628. The van der Waals surface area contributed by atoms with E-state index >= 15 is 0 Å². The molecule has 0 bridgehead atoms. The topological polar surface area (TPSA) is 57.6 Å². The predicted molar refractivity (Wildman–Crippen MR) is 108 cm³/mol. The van der Waals surface area contributed by atoms with Crippen molar-refractivity contribution in [1.82, 2.24) is 23.9 Å². The molecule has 1 atom stereocenters. The van der Waals surface area contributed by atoms with Crippen molar-refractivity contribution in [3.63, 3.8) is 0 Å². The maximum atomic E-state index is 13.3. The van der Waals surface area contributed by atoms with Crippen LogP contribution in [0.1, 0.15) is 29.4 Å². The average Bonchev–Trinajstić information content (AvgIpc) is 3.35. The van der Waals surface area contributed by atoms with Crippen molar-refractivity contribution in [2.75, 3.05) is 0 Å². The number of para-hydroxylation sites is 1. The molecule has 0 aliphatic rings. The fourth-order valence-corrected chi connectivity index (χ4v) is 4.06. The summed E-state index contributed by atoms with van der Waals surface area (Å²) in [6.45, 7) is 6.02. The molecule has 0 saturated carbocycles. The van der Waals surface area contributed by atoms with Gasteiger partial charge in [-0.05, 0) is 32.9 Å². The molecule has 0 saturated heterocycles. The summed E-state index contributed by atoms with van der Waals surface area (Å²) in [6.07, 6.45) is 3.65. The summed E-state index contributed by atoms with van der Waals surface area (Å²) in [5.74, 6) is 0.668. The van der Waals surface area contributed by atoms with Gasteiger partial charge in [0.25, 0.3) is 5.56 Å². The first-order valence-corrected chi connectivity index (χ1v) is 9.66. The highest BCUT2D eigenvalue weighted by Gasteiger charge is 2.23. The zero-order valence-corrected chi connectivity index (χ0v) is 16.6. The van der Waals surface area contributed by atoms with E-state index in [0.717, 1.165) is 22.1 Å². The van der Waals surface area contributed by atoms with Crippen LogP contribution in [-0.4, -0.2) is 23.9 Å². The van der Waals surface area contributed by atoms with Crippen molar-refractivity contribution in [3.8, 4) is 17.1 Å². The Kier molecular flexibility index (Phi) is 4.31. The third-order valence-electron chi connectivity index (χ3n) is 4.93. The number of benzene rings is 1. The molecule has 0 unspecified atom stereocenters. The van der Waals surface area contributed by atoms with E-state index in [-0.39, 0.29) is 11.6 Å². The van der Waals surface area contributed by atoms with Gasteiger partial charge in [0, 0.05) is 30.5 Å². The van der Waals surface area contributed by atoms with Crippen molar-refractivity contribution in [1.29, 1.82) is 0 Å². The first-order chi connectivity index (χ1) is 13.0. The molecule has 4 aromatic rings. The van der Waals surface area contributed by atoms with Gasteiger partial charge in [0.2, 0.25) is 0 Å². The Balaban J connectivity index is 1.87. The second-order valence-electron chi connectivity index (χ2n) is 6.56. The van der Waals surface area contributed by atoms with Gasteiger partial charge in [0.05, 0.1) is 22.4 Å². The molecule has 1 aromatic carbocycles. The highest BCUT2D eigenvalue weighted by molar-refractivity contribution is 7.09. The fraction of sp³-hybridized carbons (Fsp3) is 0.250. The number of nitrogens with zero attached hydrogens (tertiary/aromatic N) is 5. The number of thiazole rings is 1. The van der Waals surface area contributed by atoms with Crippen molar-refractivity contribution < 1.29 is 0 Å². The Bertz CT molecular complexity index is 1150. The van der Waals surface area contributed by atoms with Crippen LogP contribution in [0.2, 0.25) is 0 Å². The first kappa shape index (κ1) is 17.5. The van der Waals surface area contributed by atoms with E-state index in [9.17, 15) is 4.79 Å². The highest BCUT2D eigenvalue weighted by Crippen LogP contribution is 2.27. The van der Waals surface area contributed by atoms with Gasteiger partial charge in [-0.2, -0.15) is 0 Å². The Morgan fingerprint density at radius 1 is 1.15 bits per heavy atom. The van der Waals surface area contributed by atoms with Crippen molar-refractivity contribution in [2.45, 2.75) is 26.8 Å². The third-order valence-corrected chi connectivity index (χ3v) is 5.72. The monoisotopic (exact) mass is 379 g/mol. The molecule has 0 amide bonds. The zero-order valence-electron chi connectivity index (χ0n) is 15.7. The second-order valence-corrected chi connectivity index (χ2v) is 7.62. The molecule has 27 heavy (non-hydrogen) atoms. The van der Waals surface area contributed by atoms with E-state index in [1.807, 2.05) is 66.7 Å². The average molecular weight is 379 g/mol. The van der Waals surface area contributed by atoms with Crippen LogP contribution >= 0.6 is 11.3 Å². The molecule has 4 rings (SSSR count). The lowest BCUT2D eigenvalue weighted by Gasteiger charge is -2.14. The van der Waals surface area contributed by atoms with Crippen LogP contribution in [-0.2, 0) is 7.05 Å². The molecule has 138 valence electrons. The number of imidazole rings is 1. The number of aryl methyl sites for hydroxylation is 1. The van der Waals surface area contributed by atoms with Crippen LogP contribution in [0.15, 0.2) is 52.9 Å². The molecule has 7 heteroatoms. The van der Waals surface area contributed by atoms with E-state index < -0.39 is 0 Å². The molecule has 0 aliphatic heterocycles. The number of hydrogen-bond donors (Lipinski definition) is 0. The van der Waals surface area contributed by atoms with Gasteiger partial charge in [0.1, 0.15) is 11.4 Å². The first-order valence-electron chi connectivity index (χ1n) is 8.78. The summed E-state index contributed by atoms with van der Waals surface area (Å²) in [6, 6.07) is 9.65. The van der Waals surface area contributed by atoms with Gasteiger partial charge in [-0.3, -0.25) is 9.48 Å². The summed E-state index contributed by atoms with van der Waals surface area (Å²) in [7, 11) is 1.90. The van der Waals surface area contributed by atoms with Gasteiger partial charge in [-0.25, -0.2) is 14.6 Å². The lowest BCUT2D eigenvalue weighted by atomic mass is 10.2. The minimum atomic E-state index is -0.0738. The van der Waals surface area contributed by atoms with Crippen molar-refractivity contribution in [2.24, 2.45) is 7.05 Å². The minimum Gasteiger partial charge on any atom is -0.322 e. The maximum absolute atomic E-state index is 13.3. The Morgan fingerprint density at radius 2 is 1.89 bits per heavy atom. The normalized spacial score (nSPS) is 12.4. The zero-order chi connectivity index (χ0) is 19.1. The van der Waals surface area contributed by atoms with Gasteiger partial charge >= 0.3 is 0 Å². The van der Waals surface area contributed by atoms with Crippen molar-refractivity contribution in [3.05, 3.63) is 74.9 Å². The van der Waals surface area contributed by atoms with Crippen LogP contribution in [0, 0.1) is 13.8 Å². The smallest absolute Gasteiger partial charge is 0.282 e. The van der Waals surface area contributed by atoms with Gasteiger partial charge in [0.15, 0.2) is 0 Å². The maximum Gasteiger partial charge on any atom is 0.282 e. The minimum absolute atomic E-state index is 0.00312. The van der Waals surface area contributed by atoms with E-state index in [1.54, 1.807) is 22.2 Å². The van der Waals surface area contributed by atoms with Crippen LogP contribution in [0.4, 0.5) is 0 Å². The Labute approximate surface area is 161 Å². The molecular formula is C20H21N5OS. The lowest BCUT2D eigenvalue weighted by Crippen LogP contribution is -2.20. The Hall–Kier alpha value is -2.93. The van der Waals surface area contributed by atoms with Crippen molar-refractivity contribution >= 4 is 11.3 Å². The molecule has 0 aliphatic carbocycles. The number of hydrogen-bond acceptors (Lipinski definition) is 4. The molecular weight excluding hydrogens is 358 g/mol. The SMILES string of the molecule is Cc1nc([C@H](C)n2ccnc2-c2c(C)n(C)n(-c3ccccc3)c2=O)cs1. The predicted octanol–water partition coefficient (Wildman–Crippen LogP) is 3.72. The number of aromatic nitrogens is 5. The quantitative estimate of drug-likeness (QED) is 0.543. The van der Waals surface area contributed by atoms with E-state index in [4.69, 9.17) is 0 Å². The van der Waals surface area contributed by atoms with Gasteiger partial charge in [-0.15, -0.1) is 11.3 Å². The van der Waals surface area contributed by atoms with Crippen LogP contribution in [0.25, 0.3) is 17.1 Å². The molecule has 3 aromatic heterocycles. The molecule has 0 N–H and O–H groups in total. The fourth-order valence-electron chi connectivity index (χ4n) is 3.36. The summed E-state index contributed by atoms with van der Waals surface area (Å²) in [5.41, 5.74) is 3.23. The van der Waals surface area contributed by atoms with Crippen LogP contribution < -0.4 is 5.56 Å². The highest BCUT2D eigenvalue weighted by atomic mass is 32.1. The molecule has 0 spiro atoms. The summed E-state index contributed by atoms with van der Waals surface area (Å²) >= 11 is 1.63. The van der Waals surface area contributed by atoms with E-state index in [1.165, 1.54) is 0 Å². The molecule has 6 nitrogen and oxygen atoms in total. The molecule has 0 radical (unpaired) electrons. The standard InChI is InChI=1S/C20H21N5OS/c1-13(17-12-27-15(3)22-17)24-11-10-21-19(24)18-14(2)23(4)25(20(18)26)16-8-6-5-7-9-16/h5-13H,1-4H3/t13-/m0/s1. The van der Waals surface area contributed by atoms with E-state index in [2.05, 4.69) is 22.3 Å². The Morgan fingerprint density at radius 3 is 2.56 bits per heavy atom. The van der Waals surface area contributed by atoms with Crippen LogP contribution in [0.5, 0.6) is 0 Å². The number of rotatable bonds is 4. The van der Waals surface area contributed by atoms with Gasteiger partial charge < -0.3 is 4.57 Å².